The van der Waals surface area contributed by atoms with Crippen molar-refractivity contribution in [1.29, 1.82) is 0 Å². The van der Waals surface area contributed by atoms with E-state index in [1.54, 1.807) is 24.3 Å². The molecule has 1 aliphatic rings. The summed E-state index contributed by atoms with van der Waals surface area (Å²) >= 11 is 31.1. The summed E-state index contributed by atoms with van der Waals surface area (Å²) in [5.41, 5.74) is 7.13. The van der Waals surface area contributed by atoms with E-state index in [9.17, 15) is 14.0 Å². The first-order valence-corrected chi connectivity index (χ1v) is 12.1. The predicted octanol–water partition coefficient (Wildman–Crippen LogP) is 7.54. The molecule has 0 saturated heterocycles. The summed E-state index contributed by atoms with van der Waals surface area (Å²) in [4.78, 5) is 25.4. The molecule has 1 fully saturated rings. The van der Waals surface area contributed by atoms with Gasteiger partial charge in [0.1, 0.15) is 10.2 Å². The third kappa shape index (κ3) is 5.79. The zero-order chi connectivity index (χ0) is 25.5. The topological polar surface area (TPSA) is 84.2 Å². The number of amides is 2. The van der Waals surface area contributed by atoms with E-state index in [2.05, 4.69) is 10.6 Å². The summed E-state index contributed by atoms with van der Waals surface area (Å²) in [5, 5.41) is 6.18. The van der Waals surface area contributed by atoms with Crippen LogP contribution in [0.1, 0.15) is 28.3 Å². The average Bonchev–Trinajstić information content (AvgIpc) is 3.29. The number of alkyl halides is 2. The van der Waals surface area contributed by atoms with Crippen LogP contribution in [0.4, 0.5) is 21.5 Å². The molecule has 1 aliphatic carbocycles. The Balaban J connectivity index is 1.44. The van der Waals surface area contributed by atoms with Gasteiger partial charge in [-0.3, -0.25) is 9.59 Å². The van der Waals surface area contributed by atoms with Crippen LogP contribution in [-0.2, 0) is 4.79 Å². The summed E-state index contributed by atoms with van der Waals surface area (Å²) < 4.78 is 12.4. The molecule has 0 aliphatic heterocycles. The number of carbonyl (C=O) groups excluding carboxylic acids is 2. The van der Waals surface area contributed by atoms with Crippen LogP contribution < -0.4 is 16.4 Å². The quantitative estimate of drug-likeness (QED) is 0.210. The van der Waals surface area contributed by atoms with Gasteiger partial charge in [-0.15, -0.1) is 23.2 Å². The first-order chi connectivity index (χ1) is 16.5. The van der Waals surface area contributed by atoms with Crippen LogP contribution in [0.5, 0.6) is 0 Å². The summed E-state index contributed by atoms with van der Waals surface area (Å²) in [6, 6.07) is 13.2. The number of nitrogens with two attached hydrogens (primary N) is 1. The predicted molar refractivity (Wildman–Crippen MR) is 141 cm³/mol. The minimum atomic E-state index is -1.13. The highest BCUT2D eigenvalue weighted by atomic mass is 35.5. The Kier molecular flexibility index (Phi) is 7.41. The van der Waals surface area contributed by atoms with Gasteiger partial charge in [0.15, 0.2) is 0 Å². The average molecular weight is 576 g/mol. The van der Waals surface area contributed by atoms with Gasteiger partial charge in [-0.25, -0.2) is 4.39 Å². The Hall–Kier alpha value is -2.22. The van der Waals surface area contributed by atoms with Crippen LogP contribution in [0.15, 0.2) is 54.6 Å². The Morgan fingerprint density at radius 3 is 2.29 bits per heavy atom. The molecule has 1 saturated carbocycles. The molecule has 4 rings (SSSR count). The molecule has 5 nitrogen and oxygen atoms in total. The molecule has 4 N–H and O–H groups in total. The van der Waals surface area contributed by atoms with Gasteiger partial charge in [0.2, 0.25) is 5.91 Å². The molecular weight excluding hydrogens is 559 g/mol. The zero-order valence-electron chi connectivity index (χ0n) is 17.7. The van der Waals surface area contributed by atoms with E-state index < -0.39 is 16.1 Å². The second kappa shape index (κ2) is 10.0. The lowest BCUT2D eigenvalue weighted by Gasteiger charge is -2.11. The van der Waals surface area contributed by atoms with E-state index in [4.69, 9.17) is 63.7 Å². The summed E-state index contributed by atoms with van der Waals surface area (Å²) in [7, 11) is 0. The third-order valence-corrected chi connectivity index (χ3v) is 7.68. The lowest BCUT2D eigenvalue weighted by atomic mass is 10.1. The van der Waals surface area contributed by atoms with Crippen molar-refractivity contribution < 1.29 is 14.0 Å². The lowest BCUT2D eigenvalue weighted by molar-refractivity contribution is -0.116. The van der Waals surface area contributed by atoms with Crippen LogP contribution >= 0.6 is 58.0 Å². The normalized spacial score (nSPS) is 18.1. The molecule has 3 aromatic rings. The van der Waals surface area contributed by atoms with Crippen LogP contribution in [0.25, 0.3) is 0 Å². The maximum absolute atomic E-state index is 13.6. The molecule has 2 amide bonds. The number of hydrogen-bond acceptors (Lipinski definition) is 3. The zero-order valence-corrected chi connectivity index (χ0v) is 21.5. The lowest BCUT2D eigenvalue weighted by Crippen LogP contribution is -2.16. The summed E-state index contributed by atoms with van der Waals surface area (Å²) in [6.45, 7) is 0. The fourth-order valence-corrected chi connectivity index (χ4v) is 5.22. The fourth-order valence-electron chi connectivity index (χ4n) is 3.88. The molecule has 2 atom stereocenters. The molecule has 182 valence electrons. The number of rotatable bonds is 6. The smallest absolute Gasteiger partial charge is 0.257 e. The largest absolute Gasteiger partial charge is 0.399 e. The van der Waals surface area contributed by atoms with Gasteiger partial charge in [-0.05, 0) is 54.1 Å². The van der Waals surface area contributed by atoms with Gasteiger partial charge < -0.3 is 16.4 Å². The number of nitrogen functional groups attached to an aromatic ring is 1. The number of halogens is 6. The molecule has 11 heteroatoms. The molecule has 0 radical (unpaired) electrons. The van der Waals surface area contributed by atoms with Crippen molar-refractivity contribution in [2.75, 3.05) is 16.4 Å². The van der Waals surface area contributed by atoms with E-state index in [0.29, 0.717) is 15.7 Å². The van der Waals surface area contributed by atoms with Crippen LogP contribution in [-0.4, -0.2) is 16.1 Å². The number of carbonyl (C=O) groups is 2. The SMILES string of the molecule is Nc1cc(F)cc(NC(=O)c2cc(NC(=O)C[C@H]3[C@H](c4ccc(Cl)c(Cl)c4)C3(Cl)Cl)ccc2Cl)c1. The van der Waals surface area contributed by atoms with Crippen molar-refractivity contribution in [2.45, 2.75) is 16.7 Å². The maximum Gasteiger partial charge on any atom is 0.257 e. The van der Waals surface area contributed by atoms with Gasteiger partial charge >= 0.3 is 0 Å². The fraction of sp³-hybridized carbons (Fsp3) is 0.167. The monoisotopic (exact) mass is 573 g/mol. The Morgan fingerprint density at radius 2 is 1.60 bits per heavy atom. The Morgan fingerprint density at radius 1 is 0.886 bits per heavy atom. The second-order valence-corrected chi connectivity index (χ2v) is 10.8. The molecule has 3 aromatic carbocycles. The first kappa shape index (κ1) is 25.9. The van der Waals surface area contributed by atoms with Crippen molar-refractivity contribution in [3.63, 3.8) is 0 Å². The molecule has 35 heavy (non-hydrogen) atoms. The highest BCUT2D eigenvalue weighted by molar-refractivity contribution is 6.52. The number of nitrogens with one attached hydrogen (secondary N) is 2. The molecule has 0 spiro atoms. The first-order valence-electron chi connectivity index (χ1n) is 10.3. The number of hydrogen-bond donors (Lipinski definition) is 3. The van der Waals surface area contributed by atoms with Gasteiger partial charge in [-0.1, -0.05) is 40.9 Å². The highest BCUT2D eigenvalue weighted by Gasteiger charge is 2.64. The summed E-state index contributed by atoms with van der Waals surface area (Å²) in [6.07, 6.45) is 0.0324. The highest BCUT2D eigenvalue weighted by Crippen LogP contribution is 2.66. The minimum absolute atomic E-state index is 0.0324. The van der Waals surface area contributed by atoms with Gasteiger partial charge in [0.05, 0.1) is 20.6 Å². The molecule has 0 aromatic heterocycles. The molecule has 0 unspecified atom stereocenters. The van der Waals surface area contributed by atoms with Crippen LogP contribution in [0.3, 0.4) is 0 Å². The summed E-state index contributed by atoms with van der Waals surface area (Å²) in [5.74, 6) is -2.19. The van der Waals surface area contributed by atoms with E-state index in [1.165, 1.54) is 18.2 Å². The van der Waals surface area contributed by atoms with E-state index in [0.717, 1.165) is 17.7 Å². The molecule has 0 heterocycles. The third-order valence-electron chi connectivity index (χ3n) is 5.58. The van der Waals surface area contributed by atoms with E-state index in [1.807, 2.05) is 0 Å². The maximum atomic E-state index is 13.6. The van der Waals surface area contributed by atoms with Gasteiger partial charge in [-0.2, -0.15) is 0 Å². The number of benzene rings is 3. The molecule has 0 bridgehead atoms. The van der Waals surface area contributed by atoms with Crippen molar-refractivity contribution >= 4 is 86.9 Å². The van der Waals surface area contributed by atoms with E-state index in [-0.39, 0.29) is 46.1 Å². The van der Waals surface area contributed by atoms with E-state index >= 15 is 0 Å². The Labute approximate surface area is 225 Å². The number of anilines is 3. The standard InChI is InChI=1S/C24H17Cl5FN3O2/c25-18-4-2-14(9-16(18)23(35)33-15-7-12(30)6-13(31)8-15)32-21(34)10-17-22(24(17,28)29)11-1-3-19(26)20(27)5-11/h1-9,17,22H,10,31H2,(H,32,34)(H,33,35)/t17-,22-/m0/s1. The van der Waals surface area contributed by atoms with Gasteiger partial charge in [0, 0.05) is 35.3 Å². The second-order valence-electron chi connectivity index (χ2n) is 8.11. The van der Waals surface area contributed by atoms with Crippen molar-refractivity contribution in [3.05, 3.63) is 86.6 Å². The Bertz CT molecular complexity index is 1310. The van der Waals surface area contributed by atoms with Crippen molar-refractivity contribution in [1.82, 2.24) is 0 Å². The van der Waals surface area contributed by atoms with Crippen LogP contribution in [0.2, 0.25) is 15.1 Å². The van der Waals surface area contributed by atoms with Crippen molar-refractivity contribution in [3.8, 4) is 0 Å². The molecular formula is C24H17Cl5FN3O2. The minimum Gasteiger partial charge on any atom is -0.399 e. The van der Waals surface area contributed by atoms with Crippen molar-refractivity contribution in [2.24, 2.45) is 5.92 Å². The van der Waals surface area contributed by atoms with Crippen LogP contribution in [0, 0.1) is 11.7 Å². The van der Waals surface area contributed by atoms with Gasteiger partial charge in [0.25, 0.3) is 5.91 Å².